The van der Waals surface area contributed by atoms with Crippen LogP contribution >= 0.6 is 11.8 Å². The van der Waals surface area contributed by atoms with E-state index in [4.69, 9.17) is 9.47 Å². The molecule has 0 aliphatic heterocycles. The summed E-state index contributed by atoms with van der Waals surface area (Å²) in [7, 11) is 3.09. The molecule has 0 spiro atoms. The number of methoxy groups -OCH3 is 2. The molecule has 3 rings (SSSR count). The summed E-state index contributed by atoms with van der Waals surface area (Å²) in [5.74, 6) is 1.15. The number of nitrogens with one attached hydrogen (secondary N) is 1. The maximum absolute atomic E-state index is 13.5. The topological polar surface area (TPSA) is 73.3 Å². The summed E-state index contributed by atoms with van der Waals surface area (Å²) >= 11 is 1.27. The number of hydrogen-bond acceptors (Lipinski definition) is 6. The third-order valence-electron chi connectivity index (χ3n) is 3.95. The van der Waals surface area contributed by atoms with E-state index in [1.165, 1.54) is 31.0 Å². The number of aromatic nitrogens is 2. The summed E-state index contributed by atoms with van der Waals surface area (Å²) in [5.41, 5.74) is 1.88. The van der Waals surface area contributed by atoms with Gasteiger partial charge in [-0.1, -0.05) is 23.9 Å². The Bertz CT molecular complexity index is 1030. The van der Waals surface area contributed by atoms with Crippen LogP contribution in [-0.2, 0) is 4.79 Å². The quantitative estimate of drug-likeness (QED) is 0.459. The van der Waals surface area contributed by atoms with Gasteiger partial charge in [-0.3, -0.25) is 4.79 Å². The second-order valence-electron chi connectivity index (χ2n) is 6.08. The Balaban J connectivity index is 1.69. The first-order valence-electron chi connectivity index (χ1n) is 8.75. The van der Waals surface area contributed by atoms with Crippen molar-refractivity contribution in [3.63, 3.8) is 0 Å². The molecule has 0 saturated carbocycles. The second kappa shape index (κ2) is 9.38. The van der Waals surface area contributed by atoms with Crippen molar-refractivity contribution in [2.75, 3.05) is 25.3 Å². The van der Waals surface area contributed by atoms with Crippen LogP contribution in [0.15, 0.2) is 53.6 Å². The van der Waals surface area contributed by atoms with Gasteiger partial charge in [0.2, 0.25) is 5.91 Å². The van der Waals surface area contributed by atoms with Gasteiger partial charge < -0.3 is 14.8 Å². The molecule has 0 saturated heterocycles. The lowest BCUT2D eigenvalue weighted by molar-refractivity contribution is -0.113. The molecule has 1 N–H and O–H groups in total. The van der Waals surface area contributed by atoms with Gasteiger partial charge >= 0.3 is 0 Å². The molecule has 0 aliphatic rings. The predicted molar refractivity (Wildman–Crippen MR) is 111 cm³/mol. The zero-order valence-corrected chi connectivity index (χ0v) is 17.0. The molecule has 0 fully saturated rings. The number of anilines is 1. The van der Waals surface area contributed by atoms with Gasteiger partial charge in [-0.15, -0.1) is 0 Å². The van der Waals surface area contributed by atoms with E-state index in [1.54, 1.807) is 43.5 Å². The van der Waals surface area contributed by atoms with Crippen LogP contribution in [-0.4, -0.2) is 35.8 Å². The fourth-order valence-electron chi connectivity index (χ4n) is 2.60. The third kappa shape index (κ3) is 5.45. The number of carbonyl (C=O) groups excluding carboxylic acids is 1. The van der Waals surface area contributed by atoms with Crippen LogP contribution in [0, 0.1) is 12.7 Å². The lowest BCUT2D eigenvalue weighted by Gasteiger charge is -2.11. The third-order valence-corrected chi connectivity index (χ3v) is 4.86. The monoisotopic (exact) mass is 413 g/mol. The molecule has 3 aromatic rings. The number of nitrogens with zero attached hydrogens (tertiary/aromatic N) is 2. The van der Waals surface area contributed by atoms with Gasteiger partial charge in [0.05, 0.1) is 25.7 Å². The number of thioether (sulfide) groups is 1. The van der Waals surface area contributed by atoms with Crippen LogP contribution in [0.2, 0.25) is 0 Å². The summed E-state index contributed by atoms with van der Waals surface area (Å²) in [5, 5.41) is 3.45. The molecule has 0 atom stereocenters. The van der Waals surface area contributed by atoms with Gasteiger partial charge in [0.15, 0.2) is 5.82 Å². The molecule has 0 radical (unpaired) electrons. The Hall–Kier alpha value is -3.13. The summed E-state index contributed by atoms with van der Waals surface area (Å²) in [6.45, 7) is 1.83. The zero-order valence-electron chi connectivity index (χ0n) is 16.2. The van der Waals surface area contributed by atoms with Gasteiger partial charge in [-0.2, -0.15) is 0 Å². The van der Waals surface area contributed by atoms with Crippen molar-refractivity contribution in [3.8, 4) is 22.9 Å². The summed E-state index contributed by atoms with van der Waals surface area (Å²) in [4.78, 5) is 21.2. The molecule has 8 heteroatoms. The van der Waals surface area contributed by atoms with E-state index < -0.39 is 0 Å². The normalized spacial score (nSPS) is 10.5. The Kier molecular flexibility index (Phi) is 6.66. The molecule has 2 aromatic carbocycles. The van der Waals surface area contributed by atoms with Crippen LogP contribution < -0.4 is 14.8 Å². The van der Waals surface area contributed by atoms with E-state index in [0.29, 0.717) is 33.6 Å². The van der Waals surface area contributed by atoms with E-state index in [-0.39, 0.29) is 17.5 Å². The summed E-state index contributed by atoms with van der Waals surface area (Å²) < 4.78 is 23.9. The highest BCUT2D eigenvalue weighted by atomic mass is 32.2. The molecule has 0 bridgehead atoms. The highest BCUT2D eigenvalue weighted by molar-refractivity contribution is 7.99. The van der Waals surface area contributed by atoms with Crippen LogP contribution in [0.3, 0.4) is 0 Å². The molecular formula is C21H20FN3O3S. The van der Waals surface area contributed by atoms with Gasteiger partial charge in [-0.05, 0) is 37.3 Å². The molecule has 6 nitrogen and oxygen atoms in total. The van der Waals surface area contributed by atoms with Crippen molar-refractivity contribution in [1.29, 1.82) is 0 Å². The number of benzene rings is 2. The Morgan fingerprint density at radius 3 is 2.66 bits per heavy atom. The van der Waals surface area contributed by atoms with E-state index in [2.05, 4.69) is 15.3 Å². The number of halogens is 1. The average molecular weight is 413 g/mol. The highest BCUT2D eigenvalue weighted by Gasteiger charge is 2.12. The van der Waals surface area contributed by atoms with Crippen molar-refractivity contribution in [1.82, 2.24) is 9.97 Å². The number of amides is 1. The molecule has 0 aliphatic carbocycles. The molecular weight excluding hydrogens is 393 g/mol. The van der Waals surface area contributed by atoms with Crippen LogP contribution in [0.5, 0.6) is 11.5 Å². The van der Waals surface area contributed by atoms with Crippen LogP contribution in [0.4, 0.5) is 10.1 Å². The lowest BCUT2D eigenvalue weighted by atomic mass is 10.2. The minimum Gasteiger partial charge on any atom is -0.497 e. The largest absolute Gasteiger partial charge is 0.497 e. The Morgan fingerprint density at radius 2 is 1.93 bits per heavy atom. The predicted octanol–water partition coefficient (Wildman–Crippen LogP) is 4.34. The lowest BCUT2D eigenvalue weighted by Crippen LogP contribution is -2.15. The minimum atomic E-state index is -0.352. The van der Waals surface area contributed by atoms with Crippen LogP contribution in [0.1, 0.15) is 5.69 Å². The molecule has 29 heavy (non-hydrogen) atoms. The van der Waals surface area contributed by atoms with E-state index in [0.717, 1.165) is 5.69 Å². The van der Waals surface area contributed by atoms with Gasteiger partial charge in [0, 0.05) is 17.3 Å². The van der Waals surface area contributed by atoms with Crippen LogP contribution in [0.25, 0.3) is 11.4 Å². The molecule has 0 unspecified atom stereocenters. The number of hydrogen-bond donors (Lipinski definition) is 1. The average Bonchev–Trinajstić information content (AvgIpc) is 2.72. The Labute approximate surface area is 172 Å². The molecule has 150 valence electrons. The van der Waals surface area contributed by atoms with Crippen molar-refractivity contribution < 1.29 is 18.7 Å². The standard InChI is InChI=1S/C21H20FN3O3S/c1-13-9-20(25-21(23-13)14-5-4-6-15(22)10-14)29-12-19(26)24-17-8-7-16(27-2)11-18(17)28-3/h4-11H,12H2,1-3H3,(H,24,26). The van der Waals surface area contributed by atoms with Crippen molar-refractivity contribution in [3.05, 3.63) is 60.0 Å². The van der Waals surface area contributed by atoms with E-state index >= 15 is 0 Å². The zero-order chi connectivity index (χ0) is 20.8. The second-order valence-corrected chi connectivity index (χ2v) is 7.08. The maximum atomic E-state index is 13.5. The number of ether oxygens (including phenoxy) is 2. The van der Waals surface area contributed by atoms with Gasteiger partial charge in [0.1, 0.15) is 22.3 Å². The van der Waals surface area contributed by atoms with E-state index in [9.17, 15) is 9.18 Å². The van der Waals surface area contributed by atoms with Crippen molar-refractivity contribution in [2.24, 2.45) is 0 Å². The smallest absolute Gasteiger partial charge is 0.234 e. The number of carbonyl (C=O) groups is 1. The maximum Gasteiger partial charge on any atom is 0.234 e. The van der Waals surface area contributed by atoms with Gasteiger partial charge in [-0.25, -0.2) is 14.4 Å². The first kappa shape index (κ1) is 20.6. The first-order valence-corrected chi connectivity index (χ1v) is 9.73. The first-order chi connectivity index (χ1) is 14.0. The molecule has 1 heterocycles. The van der Waals surface area contributed by atoms with E-state index in [1.807, 2.05) is 6.92 Å². The fraction of sp³-hybridized carbons (Fsp3) is 0.190. The highest BCUT2D eigenvalue weighted by Crippen LogP contribution is 2.29. The van der Waals surface area contributed by atoms with Crippen molar-refractivity contribution >= 4 is 23.4 Å². The van der Waals surface area contributed by atoms with Crippen molar-refractivity contribution in [2.45, 2.75) is 11.9 Å². The molecule has 1 amide bonds. The summed E-state index contributed by atoms with van der Waals surface area (Å²) in [6.07, 6.45) is 0. The SMILES string of the molecule is COc1ccc(NC(=O)CSc2cc(C)nc(-c3cccc(F)c3)n2)c(OC)c1. The number of aryl methyl sites for hydroxylation is 1. The molecule has 1 aromatic heterocycles. The minimum absolute atomic E-state index is 0.147. The fourth-order valence-corrected chi connectivity index (χ4v) is 3.35. The van der Waals surface area contributed by atoms with Gasteiger partial charge in [0.25, 0.3) is 0 Å². The Morgan fingerprint density at radius 1 is 1.10 bits per heavy atom. The number of rotatable bonds is 7. The summed E-state index contributed by atoms with van der Waals surface area (Å²) in [6, 6.07) is 13.0.